The highest BCUT2D eigenvalue weighted by Gasteiger charge is 2.04. The Hall–Kier alpha value is -2.74. The van der Waals surface area contributed by atoms with Crippen LogP contribution in [-0.4, -0.2) is 12.1 Å². The zero-order valence-corrected chi connectivity index (χ0v) is 11.8. The molecular weight excluding hydrogens is 258 g/mol. The SMILES string of the molecule is COc1ccc2ccc(-c3cc4ccccc4[nH]3)cc2c1. The maximum atomic E-state index is 5.31. The predicted octanol–water partition coefficient (Wildman–Crippen LogP) is 5.00. The van der Waals surface area contributed by atoms with Gasteiger partial charge in [0.15, 0.2) is 0 Å². The minimum absolute atomic E-state index is 0.885. The van der Waals surface area contributed by atoms with Crippen LogP contribution in [0.25, 0.3) is 32.9 Å². The highest BCUT2D eigenvalue weighted by molar-refractivity contribution is 5.91. The Morgan fingerprint density at radius 3 is 2.48 bits per heavy atom. The molecule has 0 atom stereocenters. The summed E-state index contributed by atoms with van der Waals surface area (Å²) < 4.78 is 5.31. The second kappa shape index (κ2) is 4.67. The van der Waals surface area contributed by atoms with Crippen LogP contribution in [0.4, 0.5) is 0 Å². The van der Waals surface area contributed by atoms with E-state index in [2.05, 4.69) is 59.6 Å². The van der Waals surface area contributed by atoms with E-state index < -0.39 is 0 Å². The van der Waals surface area contributed by atoms with Crippen LogP contribution in [0, 0.1) is 0 Å². The molecule has 0 radical (unpaired) electrons. The maximum absolute atomic E-state index is 5.31. The summed E-state index contributed by atoms with van der Waals surface area (Å²) in [4.78, 5) is 3.47. The lowest BCUT2D eigenvalue weighted by Crippen LogP contribution is -1.83. The Morgan fingerprint density at radius 2 is 1.62 bits per heavy atom. The molecule has 3 aromatic carbocycles. The van der Waals surface area contributed by atoms with Crippen LogP contribution in [0.5, 0.6) is 5.75 Å². The molecule has 2 nitrogen and oxygen atoms in total. The van der Waals surface area contributed by atoms with Crippen molar-refractivity contribution in [3.8, 4) is 17.0 Å². The van der Waals surface area contributed by atoms with E-state index in [1.807, 2.05) is 12.1 Å². The van der Waals surface area contributed by atoms with E-state index in [1.165, 1.54) is 27.2 Å². The van der Waals surface area contributed by atoms with Gasteiger partial charge in [0, 0.05) is 16.6 Å². The van der Waals surface area contributed by atoms with E-state index in [1.54, 1.807) is 7.11 Å². The Morgan fingerprint density at radius 1 is 0.762 bits per heavy atom. The van der Waals surface area contributed by atoms with Crippen molar-refractivity contribution < 1.29 is 4.74 Å². The zero-order chi connectivity index (χ0) is 14.2. The molecule has 0 saturated carbocycles. The van der Waals surface area contributed by atoms with Crippen molar-refractivity contribution in [2.75, 3.05) is 7.11 Å². The van der Waals surface area contributed by atoms with Crippen molar-refractivity contribution in [2.24, 2.45) is 0 Å². The van der Waals surface area contributed by atoms with Crippen LogP contribution < -0.4 is 4.74 Å². The Kier molecular flexibility index (Phi) is 2.68. The smallest absolute Gasteiger partial charge is 0.119 e. The molecule has 1 heterocycles. The highest BCUT2D eigenvalue weighted by atomic mass is 16.5. The van der Waals surface area contributed by atoms with E-state index in [0.29, 0.717) is 0 Å². The molecule has 0 saturated heterocycles. The van der Waals surface area contributed by atoms with Crippen LogP contribution >= 0.6 is 0 Å². The molecule has 0 amide bonds. The molecule has 0 fully saturated rings. The lowest BCUT2D eigenvalue weighted by Gasteiger charge is -2.04. The van der Waals surface area contributed by atoms with E-state index in [4.69, 9.17) is 4.74 Å². The number of aromatic amines is 1. The molecule has 0 aliphatic heterocycles. The molecule has 102 valence electrons. The number of ether oxygens (including phenoxy) is 1. The molecule has 0 spiro atoms. The Bertz CT molecular complexity index is 904. The Labute approximate surface area is 123 Å². The number of fused-ring (bicyclic) bond motifs is 2. The summed E-state index contributed by atoms with van der Waals surface area (Å²) in [5.41, 5.74) is 3.49. The van der Waals surface area contributed by atoms with E-state index in [9.17, 15) is 0 Å². The largest absolute Gasteiger partial charge is 0.497 e. The summed E-state index contributed by atoms with van der Waals surface area (Å²) in [6, 6.07) is 23.2. The molecule has 1 N–H and O–H groups in total. The van der Waals surface area contributed by atoms with Crippen LogP contribution in [0.3, 0.4) is 0 Å². The van der Waals surface area contributed by atoms with E-state index >= 15 is 0 Å². The molecule has 4 rings (SSSR count). The number of benzene rings is 3. The van der Waals surface area contributed by atoms with Gasteiger partial charge in [-0.25, -0.2) is 0 Å². The van der Waals surface area contributed by atoms with Gasteiger partial charge in [-0.3, -0.25) is 0 Å². The molecule has 4 aromatic rings. The van der Waals surface area contributed by atoms with Gasteiger partial charge in [0.1, 0.15) is 5.75 Å². The van der Waals surface area contributed by atoms with Crippen molar-refractivity contribution in [1.82, 2.24) is 4.98 Å². The van der Waals surface area contributed by atoms with Crippen molar-refractivity contribution in [2.45, 2.75) is 0 Å². The topological polar surface area (TPSA) is 25.0 Å². The lowest BCUT2D eigenvalue weighted by molar-refractivity contribution is 0.415. The van der Waals surface area contributed by atoms with Crippen LogP contribution in [0.1, 0.15) is 0 Å². The fourth-order valence-electron chi connectivity index (χ4n) is 2.75. The maximum Gasteiger partial charge on any atom is 0.119 e. The quantitative estimate of drug-likeness (QED) is 0.546. The predicted molar refractivity (Wildman–Crippen MR) is 87.8 cm³/mol. The average Bonchev–Trinajstić information content (AvgIpc) is 2.97. The molecule has 0 aliphatic carbocycles. The normalized spacial score (nSPS) is 11.1. The number of hydrogen-bond donors (Lipinski definition) is 1. The number of para-hydroxylation sites is 1. The van der Waals surface area contributed by atoms with Gasteiger partial charge in [0.2, 0.25) is 0 Å². The summed E-state index contributed by atoms with van der Waals surface area (Å²) in [6.07, 6.45) is 0. The van der Waals surface area contributed by atoms with Gasteiger partial charge < -0.3 is 9.72 Å². The van der Waals surface area contributed by atoms with Gasteiger partial charge in [0.25, 0.3) is 0 Å². The first kappa shape index (κ1) is 12.0. The van der Waals surface area contributed by atoms with E-state index in [0.717, 1.165) is 11.4 Å². The summed E-state index contributed by atoms with van der Waals surface area (Å²) in [7, 11) is 1.70. The van der Waals surface area contributed by atoms with Gasteiger partial charge in [0.05, 0.1) is 7.11 Å². The second-order valence-corrected chi connectivity index (χ2v) is 5.20. The fraction of sp³-hybridized carbons (Fsp3) is 0.0526. The van der Waals surface area contributed by atoms with Gasteiger partial charge in [-0.05, 0) is 46.7 Å². The summed E-state index contributed by atoms with van der Waals surface area (Å²) in [5.74, 6) is 0.885. The van der Waals surface area contributed by atoms with Crippen LogP contribution in [0.15, 0.2) is 66.7 Å². The van der Waals surface area contributed by atoms with Crippen molar-refractivity contribution >= 4 is 21.7 Å². The van der Waals surface area contributed by atoms with Gasteiger partial charge >= 0.3 is 0 Å². The third-order valence-corrected chi connectivity index (χ3v) is 3.89. The molecule has 2 heteroatoms. The second-order valence-electron chi connectivity index (χ2n) is 5.20. The highest BCUT2D eigenvalue weighted by Crippen LogP contribution is 2.28. The van der Waals surface area contributed by atoms with E-state index in [-0.39, 0.29) is 0 Å². The number of hydrogen-bond acceptors (Lipinski definition) is 1. The summed E-state index contributed by atoms with van der Waals surface area (Å²) in [5, 5.41) is 3.64. The first-order valence-corrected chi connectivity index (χ1v) is 6.99. The average molecular weight is 273 g/mol. The molecule has 21 heavy (non-hydrogen) atoms. The molecule has 0 unspecified atom stereocenters. The number of rotatable bonds is 2. The van der Waals surface area contributed by atoms with Gasteiger partial charge in [-0.2, -0.15) is 0 Å². The minimum atomic E-state index is 0.885. The third-order valence-electron chi connectivity index (χ3n) is 3.89. The standard InChI is InChI=1S/C19H15NO/c1-21-17-9-8-13-6-7-15(10-16(13)11-17)19-12-14-4-2-3-5-18(14)20-19/h2-12,20H,1H3. The van der Waals surface area contributed by atoms with Crippen LogP contribution in [0.2, 0.25) is 0 Å². The van der Waals surface area contributed by atoms with Gasteiger partial charge in [-0.1, -0.05) is 36.4 Å². The number of aromatic nitrogens is 1. The zero-order valence-electron chi connectivity index (χ0n) is 11.8. The van der Waals surface area contributed by atoms with Crippen molar-refractivity contribution in [1.29, 1.82) is 0 Å². The number of methoxy groups -OCH3 is 1. The Balaban J connectivity index is 1.88. The van der Waals surface area contributed by atoms with Crippen molar-refractivity contribution in [3.05, 3.63) is 66.7 Å². The third kappa shape index (κ3) is 2.05. The first-order chi connectivity index (χ1) is 10.3. The molecule has 0 bridgehead atoms. The van der Waals surface area contributed by atoms with Crippen molar-refractivity contribution in [3.63, 3.8) is 0 Å². The molecular formula is C19H15NO. The molecule has 1 aromatic heterocycles. The lowest BCUT2D eigenvalue weighted by atomic mass is 10.0. The van der Waals surface area contributed by atoms with Gasteiger partial charge in [-0.15, -0.1) is 0 Å². The summed E-state index contributed by atoms with van der Waals surface area (Å²) in [6.45, 7) is 0. The number of nitrogens with one attached hydrogen (secondary N) is 1. The summed E-state index contributed by atoms with van der Waals surface area (Å²) >= 11 is 0. The monoisotopic (exact) mass is 273 g/mol. The van der Waals surface area contributed by atoms with Crippen LogP contribution in [-0.2, 0) is 0 Å². The number of H-pyrrole nitrogens is 1. The first-order valence-electron chi connectivity index (χ1n) is 6.99. The molecule has 0 aliphatic rings. The minimum Gasteiger partial charge on any atom is -0.497 e. The fourth-order valence-corrected chi connectivity index (χ4v) is 2.75.